The largest absolute Gasteiger partial charge is 0.352 e. The van der Waals surface area contributed by atoms with Crippen LogP contribution in [0.25, 0.3) is 0 Å². The van der Waals surface area contributed by atoms with Gasteiger partial charge in [0.25, 0.3) is 0 Å². The molecule has 0 radical (unpaired) electrons. The summed E-state index contributed by atoms with van der Waals surface area (Å²) >= 11 is 0. The number of ketones is 1. The summed E-state index contributed by atoms with van der Waals surface area (Å²) in [4.78, 5) is 17.3. The van der Waals surface area contributed by atoms with Crippen molar-refractivity contribution in [1.82, 2.24) is 10.2 Å². The van der Waals surface area contributed by atoms with E-state index in [1.54, 1.807) is 0 Å². The van der Waals surface area contributed by atoms with E-state index in [2.05, 4.69) is 45.4 Å². The van der Waals surface area contributed by atoms with Crippen LogP contribution in [0.4, 0.5) is 5.69 Å². The summed E-state index contributed by atoms with van der Waals surface area (Å²) in [5.74, 6) is 0.263. The van der Waals surface area contributed by atoms with Gasteiger partial charge in [0.1, 0.15) is 0 Å². The van der Waals surface area contributed by atoms with Crippen LogP contribution in [0.2, 0.25) is 0 Å². The van der Waals surface area contributed by atoms with Gasteiger partial charge in [0.05, 0.1) is 12.2 Å². The molecule has 1 N–H and O–H groups in total. The summed E-state index contributed by atoms with van der Waals surface area (Å²) in [7, 11) is 0. The standard InChI is InChI=1S/C23H29N3O/c27-22(20-8-3-1-4-9-20)12-7-15-25-16-13-23(14-17-25)18-24-19-26(23)21-10-5-2-6-11-21/h1-6,8-11,24H,7,12-19H2. The second kappa shape index (κ2) is 8.24. The number of hydrogen-bond donors (Lipinski definition) is 1. The van der Waals surface area contributed by atoms with Crippen molar-refractivity contribution in [3.63, 3.8) is 0 Å². The van der Waals surface area contributed by atoms with Crippen LogP contribution >= 0.6 is 0 Å². The third kappa shape index (κ3) is 4.07. The molecule has 27 heavy (non-hydrogen) atoms. The summed E-state index contributed by atoms with van der Waals surface area (Å²) < 4.78 is 0. The lowest BCUT2D eigenvalue weighted by molar-refractivity contribution is 0.0969. The highest BCUT2D eigenvalue weighted by atomic mass is 16.1. The first-order chi connectivity index (χ1) is 13.3. The van der Waals surface area contributed by atoms with Gasteiger partial charge in [-0.15, -0.1) is 0 Å². The minimum atomic E-state index is 0.248. The number of nitrogens with zero attached hydrogens (tertiary/aromatic N) is 2. The predicted molar refractivity (Wildman–Crippen MR) is 110 cm³/mol. The van der Waals surface area contributed by atoms with Crippen LogP contribution in [0.3, 0.4) is 0 Å². The van der Waals surface area contributed by atoms with Crippen molar-refractivity contribution in [2.45, 2.75) is 31.2 Å². The van der Waals surface area contributed by atoms with Crippen molar-refractivity contribution >= 4 is 11.5 Å². The molecule has 0 aliphatic carbocycles. The highest BCUT2D eigenvalue weighted by Crippen LogP contribution is 2.35. The second-order valence-corrected chi connectivity index (χ2v) is 7.81. The fourth-order valence-electron chi connectivity index (χ4n) is 4.51. The van der Waals surface area contributed by atoms with Crippen LogP contribution in [0.5, 0.6) is 0 Å². The van der Waals surface area contributed by atoms with E-state index >= 15 is 0 Å². The second-order valence-electron chi connectivity index (χ2n) is 7.81. The van der Waals surface area contributed by atoms with Gasteiger partial charge in [-0.1, -0.05) is 48.5 Å². The normalized spacial score (nSPS) is 19.5. The number of nitrogens with one attached hydrogen (secondary N) is 1. The maximum Gasteiger partial charge on any atom is 0.162 e. The fraction of sp³-hybridized carbons (Fsp3) is 0.435. The van der Waals surface area contributed by atoms with Crippen molar-refractivity contribution in [2.75, 3.05) is 37.7 Å². The number of likely N-dealkylation sites (tertiary alicyclic amines) is 1. The molecule has 2 aliphatic heterocycles. The van der Waals surface area contributed by atoms with Gasteiger partial charge in [-0.25, -0.2) is 0 Å². The Morgan fingerprint density at radius 2 is 1.63 bits per heavy atom. The predicted octanol–water partition coefficient (Wildman–Crippen LogP) is 3.55. The molecular formula is C23H29N3O. The maximum absolute atomic E-state index is 12.3. The van der Waals surface area contributed by atoms with Crippen molar-refractivity contribution in [3.8, 4) is 0 Å². The number of piperidine rings is 1. The molecule has 2 aromatic rings. The molecule has 4 rings (SSSR count). The Hall–Kier alpha value is -2.17. The van der Waals surface area contributed by atoms with Crippen LogP contribution in [-0.4, -0.2) is 49.1 Å². The lowest BCUT2D eigenvalue weighted by atomic mass is 9.86. The monoisotopic (exact) mass is 363 g/mol. The summed E-state index contributed by atoms with van der Waals surface area (Å²) in [6, 6.07) is 20.4. The van der Waals surface area contributed by atoms with Gasteiger partial charge in [0.15, 0.2) is 5.78 Å². The van der Waals surface area contributed by atoms with Crippen LogP contribution in [0.15, 0.2) is 60.7 Å². The van der Waals surface area contributed by atoms with Gasteiger partial charge in [-0.3, -0.25) is 10.1 Å². The van der Waals surface area contributed by atoms with Gasteiger partial charge >= 0.3 is 0 Å². The summed E-state index contributed by atoms with van der Waals surface area (Å²) in [5.41, 5.74) is 2.41. The molecule has 4 heteroatoms. The number of rotatable bonds is 6. The van der Waals surface area contributed by atoms with Gasteiger partial charge in [-0.2, -0.15) is 0 Å². The molecule has 0 saturated carbocycles. The number of anilines is 1. The minimum Gasteiger partial charge on any atom is -0.352 e. The van der Waals surface area contributed by atoms with E-state index in [-0.39, 0.29) is 11.3 Å². The Labute approximate surface area is 162 Å². The molecule has 4 nitrogen and oxygen atoms in total. The minimum absolute atomic E-state index is 0.248. The molecule has 0 aromatic heterocycles. The summed E-state index contributed by atoms with van der Waals surface area (Å²) in [6.45, 7) is 5.26. The molecule has 0 bridgehead atoms. The summed E-state index contributed by atoms with van der Waals surface area (Å²) in [5, 5.41) is 3.59. The zero-order valence-electron chi connectivity index (χ0n) is 15.9. The lowest BCUT2D eigenvalue weighted by Crippen LogP contribution is -2.54. The van der Waals surface area contributed by atoms with Crippen molar-refractivity contribution in [3.05, 3.63) is 66.2 Å². The molecular weight excluding hydrogens is 334 g/mol. The van der Waals surface area contributed by atoms with E-state index in [9.17, 15) is 4.79 Å². The third-order valence-corrected chi connectivity index (χ3v) is 6.13. The number of benzene rings is 2. The van der Waals surface area contributed by atoms with Crippen LogP contribution in [0, 0.1) is 0 Å². The third-order valence-electron chi connectivity index (χ3n) is 6.13. The van der Waals surface area contributed by atoms with E-state index in [1.165, 1.54) is 18.5 Å². The zero-order valence-corrected chi connectivity index (χ0v) is 15.9. The Morgan fingerprint density at radius 1 is 0.963 bits per heavy atom. The molecule has 2 aliphatic rings. The van der Waals surface area contributed by atoms with Crippen molar-refractivity contribution in [2.24, 2.45) is 0 Å². The smallest absolute Gasteiger partial charge is 0.162 e. The van der Waals surface area contributed by atoms with E-state index < -0.39 is 0 Å². The van der Waals surface area contributed by atoms with Gasteiger partial charge in [0.2, 0.25) is 0 Å². The molecule has 0 unspecified atom stereocenters. The van der Waals surface area contributed by atoms with E-state index in [4.69, 9.17) is 0 Å². The highest BCUT2D eigenvalue weighted by Gasteiger charge is 2.43. The number of carbonyl (C=O) groups excluding carboxylic acids is 1. The topological polar surface area (TPSA) is 35.6 Å². The van der Waals surface area contributed by atoms with E-state index in [1.807, 2.05) is 30.3 Å². The number of carbonyl (C=O) groups is 1. The SMILES string of the molecule is O=C(CCCN1CCC2(CC1)CNCN2c1ccccc1)c1ccccc1. The van der Waals surface area contributed by atoms with Gasteiger partial charge < -0.3 is 9.80 Å². The van der Waals surface area contributed by atoms with Gasteiger partial charge in [0, 0.05) is 37.3 Å². The number of hydrogen-bond acceptors (Lipinski definition) is 4. The Bertz CT molecular complexity index is 739. The van der Waals surface area contributed by atoms with E-state index in [0.29, 0.717) is 6.42 Å². The maximum atomic E-state index is 12.3. The van der Waals surface area contributed by atoms with Crippen LogP contribution in [0.1, 0.15) is 36.0 Å². The number of Topliss-reactive ketones (excluding diaryl/α,β-unsaturated/α-hetero) is 1. The van der Waals surface area contributed by atoms with Crippen LogP contribution in [-0.2, 0) is 0 Å². The first-order valence-corrected chi connectivity index (χ1v) is 10.1. The van der Waals surface area contributed by atoms with Gasteiger partial charge in [-0.05, 0) is 37.9 Å². The van der Waals surface area contributed by atoms with Crippen molar-refractivity contribution < 1.29 is 4.79 Å². The molecule has 2 heterocycles. The molecule has 1 spiro atoms. The highest BCUT2D eigenvalue weighted by molar-refractivity contribution is 5.95. The average molecular weight is 364 g/mol. The molecule has 142 valence electrons. The average Bonchev–Trinajstić information content (AvgIpc) is 3.14. The Balaban J connectivity index is 1.27. The summed E-state index contributed by atoms with van der Waals surface area (Å²) in [6.07, 6.45) is 3.95. The fourth-order valence-corrected chi connectivity index (χ4v) is 4.51. The molecule has 2 aromatic carbocycles. The Kier molecular flexibility index (Phi) is 5.55. The van der Waals surface area contributed by atoms with Crippen LogP contribution < -0.4 is 10.2 Å². The molecule has 0 atom stereocenters. The Morgan fingerprint density at radius 3 is 2.33 bits per heavy atom. The molecule has 2 fully saturated rings. The quantitative estimate of drug-likeness (QED) is 0.796. The molecule has 0 amide bonds. The van der Waals surface area contributed by atoms with Crippen molar-refractivity contribution in [1.29, 1.82) is 0 Å². The number of para-hydroxylation sites is 1. The van der Waals surface area contributed by atoms with E-state index in [0.717, 1.165) is 44.8 Å². The lowest BCUT2D eigenvalue weighted by Gasteiger charge is -2.45. The zero-order chi connectivity index (χ0) is 18.5. The first-order valence-electron chi connectivity index (χ1n) is 10.1. The molecule has 2 saturated heterocycles. The first kappa shape index (κ1) is 18.2.